The molecule has 0 atom stereocenters. The second-order valence-electron chi connectivity index (χ2n) is 6.71. The van der Waals surface area contributed by atoms with E-state index in [2.05, 4.69) is 60.2 Å². The molecule has 1 aliphatic rings. The van der Waals surface area contributed by atoms with Crippen LogP contribution in [0.4, 0.5) is 0 Å². The van der Waals surface area contributed by atoms with E-state index in [1.54, 1.807) is 0 Å². The van der Waals surface area contributed by atoms with Crippen molar-refractivity contribution in [3.63, 3.8) is 0 Å². The lowest BCUT2D eigenvalue weighted by Gasteiger charge is -2.27. The first kappa shape index (κ1) is 17.2. The van der Waals surface area contributed by atoms with Crippen LogP contribution in [0.5, 0.6) is 0 Å². The van der Waals surface area contributed by atoms with E-state index >= 15 is 0 Å². The van der Waals surface area contributed by atoms with E-state index in [0.717, 1.165) is 13.0 Å². The predicted octanol–water partition coefficient (Wildman–Crippen LogP) is 4.29. The summed E-state index contributed by atoms with van der Waals surface area (Å²) in [5, 5.41) is 0. The van der Waals surface area contributed by atoms with Crippen molar-refractivity contribution in [2.24, 2.45) is 0 Å². The molecule has 1 aromatic rings. The van der Waals surface area contributed by atoms with Gasteiger partial charge in [0, 0.05) is 6.54 Å². The standard InChI is InChI=1S/C20H32N2/c1-19(18-20-10-5-3-6-11-20)12-17-21(2)13-9-16-22-14-7-4-8-15-22/h3,5-6,10-11,18H,4,7-9,12-17H2,1-2H3/b19-18+. The molecule has 0 spiro atoms. The monoisotopic (exact) mass is 300 g/mol. The van der Waals surface area contributed by atoms with Gasteiger partial charge in [0.2, 0.25) is 0 Å². The van der Waals surface area contributed by atoms with Crippen LogP contribution >= 0.6 is 0 Å². The SMILES string of the molecule is C/C(=C\c1ccccc1)CCN(C)CCCN1CCCCC1. The van der Waals surface area contributed by atoms with Gasteiger partial charge in [-0.05, 0) is 71.4 Å². The maximum Gasteiger partial charge on any atom is 0.00155 e. The maximum absolute atomic E-state index is 2.64. The summed E-state index contributed by atoms with van der Waals surface area (Å²) in [5.74, 6) is 0. The van der Waals surface area contributed by atoms with Crippen LogP contribution in [0.15, 0.2) is 35.9 Å². The highest BCUT2D eigenvalue weighted by molar-refractivity contribution is 5.51. The molecule has 0 radical (unpaired) electrons. The van der Waals surface area contributed by atoms with Crippen molar-refractivity contribution in [3.05, 3.63) is 41.5 Å². The van der Waals surface area contributed by atoms with Gasteiger partial charge in [0.05, 0.1) is 0 Å². The molecule has 1 heterocycles. The Bertz CT molecular complexity index is 432. The summed E-state index contributed by atoms with van der Waals surface area (Å²) >= 11 is 0. The highest BCUT2D eigenvalue weighted by atomic mass is 15.1. The molecule has 2 rings (SSSR count). The molecule has 2 nitrogen and oxygen atoms in total. The molecule has 22 heavy (non-hydrogen) atoms. The molecule has 0 N–H and O–H groups in total. The van der Waals surface area contributed by atoms with Gasteiger partial charge in [0.1, 0.15) is 0 Å². The fourth-order valence-electron chi connectivity index (χ4n) is 3.13. The highest BCUT2D eigenvalue weighted by Crippen LogP contribution is 2.11. The zero-order chi connectivity index (χ0) is 15.6. The first-order chi connectivity index (χ1) is 10.7. The number of nitrogens with zero attached hydrogens (tertiary/aromatic N) is 2. The third-order valence-corrected chi connectivity index (χ3v) is 4.56. The third kappa shape index (κ3) is 6.76. The summed E-state index contributed by atoms with van der Waals surface area (Å²) in [5.41, 5.74) is 2.78. The van der Waals surface area contributed by atoms with E-state index in [4.69, 9.17) is 0 Å². The van der Waals surface area contributed by atoms with Crippen molar-refractivity contribution in [2.75, 3.05) is 39.8 Å². The lowest BCUT2D eigenvalue weighted by Crippen LogP contribution is -2.32. The fraction of sp³-hybridized carbons (Fsp3) is 0.600. The van der Waals surface area contributed by atoms with Crippen molar-refractivity contribution in [1.82, 2.24) is 9.80 Å². The number of hydrogen-bond donors (Lipinski definition) is 0. The van der Waals surface area contributed by atoms with E-state index in [-0.39, 0.29) is 0 Å². The van der Waals surface area contributed by atoms with Gasteiger partial charge in [0.15, 0.2) is 0 Å². The zero-order valence-electron chi connectivity index (χ0n) is 14.4. The Balaban J connectivity index is 1.60. The van der Waals surface area contributed by atoms with Crippen molar-refractivity contribution < 1.29 is 0 Å². The molecule has 1 aromatic carbocycles. The summed E-state index contributed by atoms with van der Waals surface area (Å²) < 4.78 is 0. The topological polar surface area (TPSA) is 6.48 Å². The Hall–Kier alpha value is -1.12. The minimum atomic E-state index is 1.16. The van der Waals surface area contributed by atoms with Gasteiger partial charge >= 0.3 is 0 Å². The molecule has 1 fully saturated rings. The van der Waals surface area contributed by atoms with Crippen LogP contribution in [-0.4, -0.2) is 49.6 Å². The van der Waals surface area contributed by atoms with Crippen LogP contribution in [0, 0.1) is 0 Å². The first-order valence-corrected chi connectivity index (χ1v) is 8.87. The lowest BCUT2D eigenvalue weighted by atomic mass is 10.1. The fourth-order valence-corrected chi connectivity index (χ4v) is 3.13. The predicted molar refractivity (Wildman–Crippen MR) is 97.1 cm³/mol. The van der Waals surface area contributed by atoms with Crippen LogP contribution < -0.4 is 0 Å². The largest absolute Gasteiger partial charge is 0.306 e. The first-order valence-electron chi connectivity index (χ1n) is 8.87. The van der Waals surface area contributed by atoms with E-state index < -0.39 is 0 Å². The van der Waals surface area contributed by atoms with Crippen molar-refractivity contribution in [1.29, 1.82) is 0 Å². The molecule has 2 heteroatoms. The van der Waals surface area contributed by atoms with Crippen LogP contribution in [0.25, 0.3) is 6.08 Å². The van der Waals surface area contributed by atoms with Gasteiger partial charge < -0.3 is 9.80 Å². The van der Waals surface area contributed by atoms with Gasteiger partial charge in [0.25, 0.3) is 0 Å². The van der Waals surface area contributed by atoms with Crippen LogP contribution in [0.3, 0.4) is 0 Å². The average molecular weight is 300 g/mol. The molecule has 0 saturated carbocycles. The van der Waals surface area contributed by atoms with Gasteiger partial charge in [-0.3, -0.25) is 0 Å². The Morgan fingerprint density at radius 1 is 1.09 bits per heavy atom. The summed E-state index contributed by atoms with van der Waals surface area (Å²) in [6.07, 6.45) is 9.01. The van der Waals surface area contributed by atoms with Crippen LogP contribution in [0.1, 0.15) is 44.6 Å². The molecule has 0 aromatic heterocycles. The summed E-state index contributed by atoms with van der Waals surface area (Å²) in [6, 6.07) is 10.6. The number of benzene rings is 1. The number of hydrogen-bond acceptors (Lipinski definition) is 2. The summed E-state index contributed by atoms with van der Waals surface area (Å²) in [6.45, 7) is 8.55. The highest BCUT2D eigenvalue weighted by Gasteiger charge is 2.09. The van der Waals surface area contributed by atoms with Gasteiger partial charge in [-0.1, -0.05) is 48.4 Å². The van der Waals surface area contributed by atoms with Crippen LogP contribution in [-0.2, 0) is 0 Å². The molecular formula is C20H32N2. The number of piperidine rings is 1. The molecule has 0 unspecified atom stereocenters. The average Bonchev–Trinajstić information content (AvgIpc) is 2.55. The Morgan fingerprint density at radius 2 is 1.82 bits per heavy atom. The van der Waals surface area contributed by atoms with E-state index in [0.29, 0.717) is 0 Å². The maximum atomic E-state index is 2.64. The second-order valence-corrected chi connectivity index (χ2v) is 6.71. The van der Waals surface area contributed by atoms with Gasteiger partial charge in [-0.25, -0.2) is 0 Å². The molecule has 0 bridgehead atoms. The zero-order valence-corrected chi connectivity index (χ0v) is 14.4. The Labute approximate surface area is 136 Å². The molecule has 1 saturated heterocycles. The van der Waals surface area contributed by atoms with Crippen molar-refractivity contribution >= 4 is 6.08 Å². The summed E-state index contributed by atoms with van der Waals surface area (Å²) in [4.78, 5) is 5.12. The van der Waals surface area contributed by atoms with Gasteiger partial charge in [-0.15, -0.1) is 0 Å². The molecule has 0 aliphatic carbocycles. The minimum Gasteiger partial charge on any atom is -0.306 e. The number of rotatable bonds is 8. The molecule has 122 valence electrons. The van der Waals surface area contributed by atoms with E-state index in [1.807, 2.05) is 0 Å². The summed E-state index contributed by atoms with van der Waals surface area (Å²) in [7, 11) is 2.26. The minimum absolute atomic E-state index is 1.16. The molecular weight excluding hydrogens is 268 g/mol. The lowest BCUT2D eigenvalue weighted by molar-refractivity contribution is 0.212. The Morgan fingerprint density at radius 3 is 2.55 bits per heavy atom. The third-order valence-electron chi connectivity index (χ3n) is 4.56. The second kappa shape index (κ2) is 9.81. The quantitative estimate of drug-likeness (QED) is 0.707. The number of likely N-dealkylation sites (tertiary alicyclic amines) is 1. The normalized spacial score (nSPS) is 17.1. The molecule has 0 amide bonds. The van der Waals surface area contributed by atoms with E-state index in [9.17, 15) is 0 Å². The van der Waals surface area contributed by atoms with Gasteiger partial charge in [-0.2, -0.15) is 0 Å². The Kier molecular flexibility index (Phi) is 7.68. The van der Waals surface area contributed by atoms with Crippen molar-refractivity contribution in [3.8, 4) is 0 Å². The van der Waals surface area contributed by atoms with Crippen molar-refractivity contribution in [2.45, 2.75) is 39.0 Å². The van der Waals surface area contributed by atoms with Crippen LogP contribution in [0.2, 0.25) is 0 Å². The smallest absolute Gasteiger partial charge is 0.00155 e. The van der Waals surface area contributed by atoms with E-state index in [1.165, 1.54) is 63.0 Å². The molecule has 1 aliphatic heterocycles.